The first-order valence-electron chi connectivity index (χ1n) is 6.22. The number of amides is 1. The molecule has 3 unspecified atom stereocenters. The Morgan fingerprint density at radius 2 is 2.00 bits per heavy atom. The van der Waals surface area contributed by atoms with Gasteiger partial charge in [-0.15, -0.1) is 0 Å². The van der Waals surface area contributed by atoms with E-state index in [9.17, 15) is 14.7 Å². The van der Waals surface area contributed by atoms with Crippen molar-refractivity contribution in [3.8, 4) is 0 Å². The molecule has 2 fully saturated rings. The normalized spacial score (nSPS) is 37.4. The summed E-state index contributed by atoms with van der Waals surface area (Å²) in [6, 6.07) is -0.842. The molecule has 4 atom stereocenters. The quantitative estimate of drug-likeness (QED) is 0.736. The lowest BCUT2D eigenvalue weighted by molar-refractivity contribution is -0.150. The van der Waals surface area contributed by atoms with E-state index in [0.717, 1.165) is 19.3 Å². The predicted octanol–water partition coefficient (Wildman–Crippen LogP) is 0.469. The van der Waals surface area contributed by atoms with Crippen molar-refractivity contribution in [1.82, 2.24) is 4.90 Å². The van der Waals surface area contributed by atoms with Gasteiger partial charge in [0.15, 0.2) is 0 Å². The highest BCUT2D eigenvalue weighted by atomic mass is 16.4. The lowest BCUT2D eigenvalue weighted by Gasteiger charge is -2.26. The van der Waals surface area contributed by atoms with Crippen molar-refractivity contribution >= 4 is 11.9 Å². The molecule has 0 spiro atoms. The smallest absolute Gasteiger partial charge is 0.326 e. The Balaban J connectivity index is 2.10. The molecule has 5 heteroatoms. The highest BCUT2D eigenvalue weighted by Crippen LogP contribution is 2.34. The predicted molar refractivity (Wildman–Crippen MR) is 60.3 cm³/mol. The van der Waals surface area contributed by atoms with Crippen molar-refractivity contribution in [3.63, 3.8) is 0 Å². The summed E-state index contributed by atoms with van der Waals surface area (Å²) in [5.41, 5.74) is 0. The van der Waals surface area contributed by atoms with Gasteiger partial charge in [0.2, 0.25) is 5.91 Å². The molecule has 2 N–H and O–H groups in total. The molecule has 5 nitrogen and oxygen atoms in total. The summed E-state index contributed by atoms with van der Waals surface area (Å²) in [4.78, 5) is 24.7. The molecule has 1 saturated heterocycles. The molecule has 1 aliphatic heterocycles. The van der Waals surface area contributed by atoms with Crippen molar-refractivity contribution in [2.24, 2.45) is 11.8 Å². The zero-order valence-corrected chi connectivity index (χ0v) is 10.0. The van der Waals surface area contributed by atoms with E-state index in [1.165, 1.54) is 4.90 Å². The largest absolute Gasteiger partial charge is 0.480 e. The molecule has 0 aromatic carbocycles. The third-order valence-corrected chi connectivity index (χ3v) is 4.03. The van der Waals surface area contributed by atoms with Crippen LogP contribution >= 0.6 is 0 Å². The van der Waals surface area contributed by atoms with Gasteiger partial charge in [0.25, 0.3) is 0 Å². The van der Waals surface area contributed by atoms with Crippen LogP contribution in [0.1, 0.15) is 32.6 Å². The summed E-state index contributed by atoms with van der Waals surface area (Å²) in [6.07, 6.45) is 2.37. The molecule has 1 saturated carbocycles. The standard InChI is InChI=1S/C12H19NO4/c1-7-3-2-4-9(7)11(15)13-6-8(14)5-10(13)12(16)17/h7-10,14H,2-6H2,1H3,(H,16,17)/t7?,8?,9?,10-/m0/s1. The summed E-state index contributed by atoms with van der Waals surface area (Å²) < 4.78 is 0. The summed E-state index contributed by atoms with van der Waals surface area (Å²) in [7, 11) is 0. The topological polar surface area (TPSA) is 77.8 Å². The van der Waals surface area contributed by atoms with Crippen LogP contribution < -0.4 is 0 Å². The molecule has 0 radical (unpaired) electrons. The summed E-state index contributed by atoms with van der Waals surface area (Å²) >= 11 is 0. The Labute approximate surface area is 100 Å². The number of hydrogen-bond donors (Lipinski definition) is 2. The number of aliphatic hydroxyl groups excluding tert-OH is 1. The van der Waals surface area contributed by atoms with Gasteiger partial charge in [0.1, 0.15) is 6.04 Å². The van der Waals surface area contributed by atoms with Crippen LogP contribution in [-0.2, 0) is 9.59 Å². The van der Waals surface area contributed by atoms with Gasteiger partial charge in [-0.1, -0.05) is 13.3 Å². The maximum atomic E-state index is 12.3. The molecule has 1 amide bonds. The zero-order chi connectivity index (χ0) is 12.6. The van der Waals surface area contributed by atoms with Gasteiger partial charge in [-0.2, -0.15) is 0 Å². The molecule has 2 aliphatic rings. The van der Waals surface area contributed by atoms with Crippen molar-refractivity contribution in [2.45, 2.75) is 44.8 Å². The summed E-state index contributed by atoms with van der Waals surface area (Å²) in [6.45, 7) is 2.21. The van der Waals surface area contributed by atoms with Crippen molar-refractivity contribution in [3.05, 3.63) is 0 Å². The fourth-order valence-electron chi connectivity index (χ4n) is 3.02. The lowest BCUT2D eigenvalue weighted by Crippen LogP contribution is -2.44. The Hall–Kier alpha value is -1.10. The molecule has 0 aromatic heterocycles. The van der Waals surface area contributed by atoms with Crippen LogP contribution in [0.2, 0.25) is 0 Å². The number of carbonyl (C=O) groups excluding carboxylic acids is 1. The molecule has 2 rings (SSSR count). The average Bonchev–Trinajstić information content (AvgIpc) is 2.83. The van der Waals surface area contributed by atoms with Gasteiger partial charge in [-0.05, 0) is 18.8 Å². The van der Waals surface area contributed by atoms with Crippen molar-refractivity contribution in [1.29, 1.82) is 0 Å². The van der Waals surface area contributed by atoms with E-state index in [-0.39, 0.29) is 24.8 Å². The number of nitrogens with zero attached hydrogens (tertiary/aromatic N) is 1. The van der Waals surface area contributed by atoms with Crippen molar-refractivity contribution < 1.29 is 19.8 Å². The highest BCUT2D eigenvalue weighted by Gasteiger charge is 2.43. The van der Waals surface area contributed by atoms with E-state index < -0.39 is 18.1 Å². The van der Waals surface area contributed by atoms with Gasteiger partial charge in [0, 0.05) is 18.9 Å². The molecule has 96 valence electrons. The highest BCUT2D eigenvalue weighted by molar-refractivity contribution is 5.86. The Kier molecular flexibility index (Phi) is 3.38. The van der Waals surface area contributed by atoms with Gasteiger partial charge in [-0.3, -0.25) is 4.79 Å². The van der Waals surface area contributed by atoms with Gasteiger partial charge < -0.3 is 15.1 Å². The second kappa shape index (κ2) is 4.64. The first kappa shape index (κ1) is 12.4. The van der Waals surface area contributed by atoms with Crippen LogP contribution in [0.25, 0.3) is 0 Å². The summed E-state index contributed by atoms with van der Waals surface area (Å²) in [5.74, 6) is -0.823. The fraction of sp³-hybridized carbons (Fsp3) is 0.833. The maximum absolute atomic E-state index is 12.3. The van der Waals surface area contributed by atoms with Crippen LogP contribution in [0.3, 0.4) is 0 Å². The number of likely N-dealkylation sites (tertiary alicyclic amines) is 1. The Morgan fingerprint density at radius 1 is 1.29 bits per heavy atom. The van der Waals surface area contributed by atoms with E-state index in [0.29, 0.717) is 5.92 Å². The lowest BCUT2D eigenvalue weighted by atomic mass is 9.96. The number of hydrogen-bond acceptors (Lipinski definition) is 3. The van der Waals surface area contributed by atoms with E-state index >= 15 is 0 Å². The van der Waals surface area contributed by atoms with Crippen LogP contribution in [-0.4, -0.2) is 45.7 Å². The summed E-state index contributed by atoms with van der Waals surface area (Å²) in [5, 5.41) is 18.6. The van der Waals surface area contributed by atoms with Crippen LogP contribution in [0, 0.1) is 11.8 Å². The number of carboxylic acids is 1. The fourth-order valence-corrected chi connectivity index (χ4v) is 3.02. The number of carbonyl (C=O) groups is 2. The van der Waals surface area contributed by atoms with Crippen LogP contribution in [0.4, 0.5) is 0 Å². The molecular weight excluding hydrogens is 222 g/mol. The Morgan fingerprint density at radius 3 is 2.53 bits per heavy atom. The zero-order valence-electron chi connectivity index (χ0n) is 10.0. The number of β-amino-alcohol motifs (C(OH)–C–C–N with tert-alkyl or cyclic N) is 1. The number of aliphatic hydroxyl groups is 1. The van der Waals surface area contributed by atoms with Gasteiger partial charge in [0.05, 0.1) is 6.10 Å². The first-order valence-corrected chi connectivity index (χ1v) is 6.22. The Bertz CT molecular complexity index is 330. The molecular formula is C12H19NO4. The minimum atomic E-state index is -1.01. The second-order valence-electron chi connectivity index (χ2n) is 5.25. The van der Waals surface area contributed by atoms with Crippen LogP contribution in [0.5, 0.6) is 0 Å². The number of rotatable bonds is 2. The van der Waals surface area contributed by atoms with Gasteiger partial charge in [-0.25, -0.2) is 4.79 Å². The van der Waals surface area contributed by atoms with Gasteiger partial charge >= 0.3 is 5.97 Å². The first-order chi connectivity index (χ1) is 8.00. The molecule has 1 heterocycles. The third kappa shape index (κ3) is 2.29. The van der Waals surface area contributed by atoms with E-state index in [2.05, 4.69) is 0 Å². The molecule has 1 aliphatic carbocycles. The number of carboxylic acid groups (broad SMARTS) is 1. The second-order valence-corrected chi connectivity index (χ2v) is 5.25. The van der Waals surface area contributed by atoms with Crippen molar-refractivity contribution in [2.75, 3.05) is 6.54 Å². The molecule has 17 heavy (non-hydrogen) atoms. The SMILES string of the molecule is CC1CCCC1C(=O)N1CC(O)C[C@H]1C(=O)O. The van der Waals surface area contributed by atoms with E-state index in [1.807, 2.05) is 6.92 Å². The minimum absolute atomic E-state index is 0.0536. The maximum Gasteiger partial charge on any atom is 0.326 e. The monoisotopic (exact) mass is 241 g/mol. The molecule has 0 bridgehead atoms. The van der Waals surface area contributed by atoms with E-state index in [1.54, 1.807) is 0 Å². The number of aliphatic carboxylic acids is 1. The minimum Gasteiger partial charge on any atom is -0.480 e. The average molecular weight is 241 g/mol. The van der Waals surface area contributed by atoms with E-state index in [4.69, 9.17) is 5.11 Å². The molecule has 0 aromatic rings. The van der Waals surface area contributed by atoms with Crippen LogP contribution in [0.15, 0.2) is 0 Å². The third-order valence-electron chi connectivity index (χ3n) is 4.03.